The van der Waals surface area contributed by atoms with Crippen LogP contribution in [0, 0.1) is 11.8 Å². The number of nitrogens with one attached hydrogen (secondary N) is 2. The van der Waals surface area contributed by atoms with Crippen LogP contribution in [0.5, 0.6) is 0 Å². The number of aromatic nitrogens is 3. The third kappa shape index (κ3) is 7.49. The van der Waals surface area contributed by atoms with Gasteiger partial charge in [-0.25, -0.2) is 9.97 Å². The van der Waals surface area contributed by atoms with Gasteiger partial charge < -0.3 is 15.4 Å². The largest absolute Gasteiger partial charge is 0.401 e. The maximum Gasteiger partial charge on any atom is 0.401 e. The molecule has 35 heavy (non-hydrogen) atoms. The molecule has 0 saturated carbocycles. The molecule has 2 N–H and O–H groups in total. The van der Waals surface area contributed by atoms with E-state index in [0.717, 1.165) is 32.6 Å². The van der Waals surface area contributed by atoms with Gasteiger partial charge in [-0.3, -0.25) is 14.7 Å². The number of likely N-dealkylation sites (tertiary alicyclic amines) is 1. The third-order valence-corrected chi connectivity index (χ3v) is 6.51. The van der Waals surface area contributed by atoms with E-state index in [0.29, 0.717) is 47.4 Å². The molecule has 4 heterocycles. The smallest absolute Gasteiger partial charge is 0.381 e. The molecule has 0 aromatic carbocycles. The Morgan fingerprint density at radius 3 is 2.74 bits per heavy atom. The molecule has 4 rings (SSSR count). The van der Waals surface area contributed by atoms with Crippen molar-refractivity contribution in [3.8, 4) is 11.3 Å². The van der Waals surface area contributed by atoms with Gasteiger partial charge in [-0.15, -0.1) is 0 Å². The fourth-order valence-corrected chi connectivity index (χ4v) is 4.58. The van der Waals surface area contributed by atoms with E-state index >= 15 is 0 Å². The van der Waals surface area contributed by atoms with Gasteiger partial charge in [-0.2, -0.15) is 13.2 Å². The molecule has 0 spiro atoms. The number of amides is 1. The van der Waals surface area contributed by atoms with Crippen LogP contribution in [0.2, 0.25) is 5.02 Å². The molecule has 2 fully saturated rings. The zero-order valence-electron chi connectivity index (χ0n) is 19.2. The summed E-state index contributed by atoms with van der Waals surface area (Å²) < 4.78 is 43.6. The zero-order chi connectivity index (χ0) is 24.8. The number of halogens is 4. The topological polar surface area (TPSA) is 92.3 Å². The van der Waals surface area contributed by atoms with Crippen LogP contribution in [-0.4, -0.2) is 71.3 Å². The van der Waals surface area contributed by atoms with Crippen LogP contribution in [0.25, 0.3) is 11.3 Å². The minimum absolute atomic E-state index is 0.0537. The summed E-state index contributed by atoms with van der Waals surface area (Å²) in [7, 11) is 0. The first kappa shape index (κ1) is 25.6. The third-order valence-electron chi connectivity index (χ3n) is 6.21. The monoisotopic (exact) mass is 512 g/mol. The average Bonchev–Trinajstić information content (AvgIpc) is 2.84. The summed E-state index contributed by atoms with van der Waals surface area (Å²) in [5.41, 5.74) is 1.06. The first-order valence-electron chi connectivity index (χ1n) is 11.7. The number of ether oxygens (including phenoxy) is 1. The molecule has 190 valence electrons. The first-order valence-corrected chi connectivity index (χ1v) is 12.0. The number of anilines is 2. The number of nitrogens with zero attached hydrogens (tertiary/aromatic N) is 4. The van der Waals surface area contributed by atoms with Gasteiger partial charge >= 0.3 is 6.18 Å². The van der Waals surface area contributed by atoms with E-state index in [-0.39, 0.29) is 18.3 Å². The fourth-order valence-electron chi connectivity index (χ4n) is 4.38. The number of alkyl halides is 3. The molecule has 8 nitrogen and oxygen atoms in total. The maximum atomic E-state index is 12.8. The molecule has 1 atom stereocenters. The molecule has 2 saturated heterocycles. The highest BCUT2D eigenvalue weighted by molar-refractivity contribution is 6.33. The van der Waals surface area contributed by atoms with Crippen molar-refractivity contribution in [1.82, 2.24) is 19.9 Å². The van der Waals surface area contributed by atoms with E-state index in [9.17, 15) is 18.0 Å². The number of rotatable bonds is 7. The number of hydrogen-bond donors (Lipinski definition) is 2. The Morgan fingerprint density at radius 1 is 1.17 bits per heavy atom. The second kappa shape index (κ2) is 11.5. The Labute approximate surface area is 206 Å². The Kier molecular flexibility index (Phi) is 8.40. The predicted octanol–water partition coefficient (Wildman–Crippen LogP) is 4.24. The lowest BCUT2D eigenvalue weighted by molar-refractivity contribution is -0.151. The van der Waals surface area contributed by atoms with Gasteiger partial charge in [-0.1, -0.05) is 11.6 Å². The molecule has 1 amide bonds. The van der Waals surface area contributed by atoms with Gasteiger partial charge in [-0.05, 0) is 44.2 Å². The van der Waals surface area contributed by atoms with Crippen LogP contribution < -0.4 is 10.6 Å². The molecule has 2 aliphatic heterocycles. The second-order valence-corrected chi connectivity index (χ2v) is 9.36. The van der Waals surface area contributed by atoms with Gasteiger partial charge in [0, 0.05) is 38.1 Å². The van der Waals surface area contributed by atoms with Crippen molar-refractivity contribution < 1.29 is 22.7 Å². The van der Waals surface area contributed by atoms with Crippen molar-refractivity contribution in [3.63, 3.8) is 0 Å². The normalized spacial score (nSPS) is 19.9. The van der Waals surface area contributed by atoms with Crippen LogP contribution in [0.3, 0.4) is 0 Å². The predicted molar refractivity (Wildman–Crippen MR) is 126 cm³/mol. The average molecular weight is 513 g/mol. The van der Waals surface area contributed by atoms with Crippen molar-refractivity contribution in [1.29, 1.82) is 0 Å². The molecule has 0 radical (unpaired) electrons. The number of piperidine rings is 1. The van der Waals surface area contributed by atoms with Crippen molar-refractivity contribution in [2.24, 2.45) is 11.8 Å². The molecule has 12 heteroatoms. The van der Waals surface area contributed by atoms with Gasteiger partial charge in [0.1, 0.15) is 11.6 Å². The summed E-state index contributed by atoms with van der Waals surface area (Å²) in [5.74, 6) is 0.455. The van der Waals surface area contributed by atoms with E-state index < -0.39 is 18.6 Å². The minimum atomic E-state index is -4.29. The highest BCUT2D eigenvalue weighted by Crippen LogP contribution is 2.29. The van der Waals surface area contributed by atoms with Crippen LogP contribution in [0.4, 0.5) is 24.8 Å². The molecule has 0 unspecified atom stereocenters. The first-order chi connectivity index (χ1) is 16.8. The van der Waals surface area contributed by atoms with E-state index in [1.54, 1.807) is 18.5 Å². The quantitative estimate of drug-likeness (QED) is 0.573. The van der Waals surface area contributed by atoms with Crippen LogP contribution in [-0.2, 0) is 9.53 Å². The maximum absolute atomic E-state index is 12.8. The minimum Gasteiger partial charge on any atom is -0.381 e. The van der Waals surface area contributed by atoms with Crippen LogP contribution >= 0.6 is 11.6 Å². The lowest BCUT2D eigenvalue weighted by Gasteiger charge is -2.32. The van der Waals surface area contributed by atoms with Gasteiger partial charge in [0.25, 0.3) is 0 Å². The number of carbonyl (C=O) groups excluding carboxylic acids is 1. The number of hydrogen-bond acceptors (Lipinski definition) is 7. The molecular formula is C23H28ClF3N6O2. The zero-order valence-corrected chi connectivity index (χ0v) is 19.9. The van der Waals surface area contributed by atoms with Gasteiger partial charge in [0.15, 0.2) is 0 Å². The standard InChI is InChI=1S/C23H28ClF3N6O2/c24-18-10-30-20(32-22(34)16-2-1-5-33(13-16)14-23(25,26)27)8-17(18)19-11-28-12-21(31-19)29-9-15-3-6-35-7-4-15/h8,10-12,15-16H,1-7,9,13-14H2,(H,29,31)(H,30,32,34)/t16-/m0/s1. The van der Waals surface area contributed by atoms with E-state index in [4.69, 9.17) is 16.3 Å². The van der Waals surface area contributed by atoms with E-state index in [2.05, 4.69) is 25.6 Å². The lowest BCUT2D eigenvalue weighted by Crippen LogP contribution is -2.44. The second-order valence-electron chi connectivity index (χ2n) is 8.95. The van der Waals surface area contributed by atoms with Crippen molar-refractivity contribution in [2.45, 2.75) is 31.9 Å². The lowest BCUT2D eigenvalue weighted by atomic mass is 9.97. The van der Waals surface area contributed by atoms with Crippen LogP contribution in [0.1, 0.15) is 25.7 Å². The molecule has 0 bridgehead atoms. The molecule has 2 aliphatic rings. The molecular weight excluding hydrogens is 485 g/mol. The van der Waals surface area contributed by atoms with Gasteiger partial charge in [0.2, 0.25) is 5.91 Å². The Balaban J connectivity index is 1.41. The number of carbonyl (C=O) groups is 1. The summed E-state index contributed by atoms with van der Waals surface area (Å²) in [6.45, 7) is 1.65. The van der Waals surface area contributed by atoms with E-state index in [1.807, 2.05) is 0 Å². The summed E-state index contributed by atoms with van der Waals surface area (Å²) >= 11 is 6.36. The summed E-state index contributed by atoms with van der Waals surface area (Å²) in [5, 5.41) is 6.38. The van der Waals surface area contributed by atoms with Crippen LogP contribution in [0.15, 0.2) is 24.7 Å². The Hall–Kier alpha value is -2.50. The molecule has 0 aliphatic carbocycles. The SMILES string of the molecule is O=C(Nc1cc(-c2cncc(NCC3CCOCC3)n2)c(Cl)cn1)[C@H]1CCCN(CC(F)(F)F)C1. The highest BCUT2D eigenvalue weighted by Gasteiger charge is 2.34. The van der Waals surface area contributed by atoms with Crippen molar-refractivity contribution >= 4 is 29.1 Å². The number of pyridine rings is 1. The Morgan fingerprint density at radius 2 is 1.97 bits per heavy atom. The summed E-state index contributed by atoms with van der Waals surface area (Å²) in [4.78, 5) is 27.0. The summed E-state index contributed by atoms with van der Waals surface area (Å²) in [6, 6.07) is 1.60. The van der Waals surface area contributed by atoms with Crippen molar-refractivity contribution in [2.75, 3.05) is 50.0 Å². The molecule has 2 aromatic rings. The summed E-state index contributed by atoms with van der Waals surface area (Å²) in [6.07, 6.45) is 3.36. The molecule has 2 aromatic heterocycles. The Bertz CT molecular complexity index is 1020. The fraction of sp³-hybridized carbons (Fsp3) is 0.565. The van der Waals surface area contributed by atoms with Crippen molar-refractivity contribution in [3.05, 3.63) is 29.7 Å². The van der Waals surface area contributed by atoms with E-state index in [1.165, 1.54) is 11.1 Å². The highest BCUT2D eigenvalue weighted by atomic mass is 35.5. The van der Waals surface area contributed by atoms with Gasteiger partial charge in [0.05, 0.1) is 35.6 Å².